The van der Waals surface area contributed by atoms with Crippen molar-refractivity contribution in [3.8, 4) is 11.5 Å². The first-order chi connectivity index (χ1) is 14.5. The lowest BCUT2D eigenvalue weighted by Crippen LogP contribution is -2.15. The minimum atomic E-state index is -3.78. The molecule has 3 aromatic rings. The number of nitrogens with one attached hydrogen (secondary N) is 2. The molecule has 3 aromatic carbocycles. The van der Waals surface area contributed by atoms with E-state index in [9.17, 15) is 13.2 Å². The number of aryl methyl sites for hydroxylation is 2. The Labute approximate surface area is 174 Å². The van der Waals surface area contributed by atoms with Gasteiger partial charge in [0.2, 0.25) is 0 Å². The van der Waals surface area contributed by atoms with E-state index in [-0.39, 0.29) is 16.4 Å². The van der Waals surface area contributed by atoms with E-state index in [1.165, 1.54) is 11.6 Å². The number of fused-ring (bicyclic) bond motifs is 3. The van der Waals surface area contributed by atoms with Crippen molar-refractivity contribution in [1.29, 1.82) is 0 Å². The Kier molecular flexibility index (Phi) is 4.47. The topological polar surface area (TPSA) is 84.5 Å². The minimum Gasteiger partial charge on any atom is -0.454 e. The van der Waals surface area contributed by atoms with E-state index in [4.69, 9.17) is 4.74 Å². The van der Waals surface area contributed by atoms with Gasteiger partial charge in [0.25, 0.3) is 15.9 Å². The number of anilines is 2. The summed E-state index contributed by atoms with van der Waals surface area (Å²) in [5, 5.41) is 2.79. The molecule has 1 aliphatic carbocycles. The van der Waals surface area contributed by atoms with Crippen LogP contribution in [0.3, 0.4) is 0 Å². The lowest BCUT2D eigenvalue weighted by atomic mass is 9.92. The Morgan fingerprint density at radius 1 is 0.867 bits per heavy atom. The van der Waals surface area contributed by atoms with Crippen molar-refractivity contribution >= 4 is 27.3 Å². The summed E-state index contributed by atoms with van der Waals surface area (Å²) in [4.78, 5) is 12.9. The molecule has 0 aromatic heterocycles. The highest BCUT2D eigenvalue weighted by atomic mass is 32.2. The van der Waals surface area contributed by atoms with Crippen molar-refractivity contribution < 1.29 is 17.9 Å². The highest BCUT2D eigenvalue weighted by molar-refractivity contribution is 7.92. The molecular weight excluding hydrogens is 400 g/mol. The Balaban J connectivity index is 1.45. The third-order valence-corrected chi connectivity index (χ3v) is 6.84. The summed E-state index contributed by atoms with van der Waals surface area (Å²) in [5.74, 6) is 0.547. The van der Waals surface area contributed by atoms with Crippen LogP contribution < -0.4 is 14.8 Å². The van der Waals surface area contributed by atoms with E-state index in [1.54, 1.807) is 42.5 Å². The van der Waals surface area contributed by atoms with Gasteiger partial charge < -0.3 is 10.1 Å². The molecule has 0 atom stereocenters. The molecule has 0 radical (unpaired) electrons. The maximum atomic E-state index is 12.9. The van der Waals surface area contributed by atoms with Crippen LogP contribution in [-0.4, -0.2) is 14.3 Å². The molecule has 0 unspecified atom stereocenters. The summed E-state index contributed by atoms with van der Waals surface area (Å²) in [7, 11) is -3.78. The maximum Gasteiger partial charge on any atom is 0.261 e. The van der Waals surface area contributed by atoms with Crippen LogP contribution in [-0.2, 0) is 22.9 Å². The predicted octanol–water partition coefficient (Wildman–Crippen LogP) is 4.72. The van der Waals surface area contributed by atoms with Gasteiger partial charge in [-0.25, -0.2) is 8.42 Å². The highest BCUT2D eigenvalue weighted by Gasteiger charge is 2.23. The lowest BCUT2D eigenvalue weighted by Gasteiger charge is -2.17. The second-order valence-electron chi connectivity index (χ2n) is 7.51. The first-order valence-corrected chi connectivity index (χ1v) is 11.3. The fourth-order valence-corrected chi connectivity index (χ4v) is 5.02. The number of para-hydroxylation sites is 2. The molecule has 0 saturated heterocycles. The van der Waals surface area contributed by atoms with Gasteiger partial charge in [0.05, 0.1) is 16.1 Å². The van der Waals surface area contributed by atoms with Gasteiger partial charge in [-0.15, -0.1) is 0 Å². The number of ether oxygens (including phenoxy) is 1. The first kappa shape index (κ1) is 18.7. The fourth-order valence-electron chi connectivity index (χ4n) is 3.92. The molecule has 0 fully saturated rings. The standard InChI is InChI=1S/C23H20N2O4S/c26-23-19-14-17(10-12-21(19)29-22-8-4-3-7-20(22)24-23)25-30(27,28)18-11-9-15-5-1-2-6-16(15)13-18/h3-4,7-14,25H,1-2,5-6H2,(H,24,26). The summed E-state index contributed by atoms with van der Waals surface area (Å²) in [6.45, 7) is 0. The summed E-state index contributed by atoms with van der Waals surface area (Å²) in [6, 6.07) is 17.1. The first-order valence-electron chi connectivity index (χ1n) is 9.86. The van der Waals surface area contributed by atoms with Crippen LogP contribution in [0.2, 0.25) is 0 Å². The predicted molar refractivity (Wildman–Crippen MR) is 115 cm³/mol. The van der Waals surface area contributed by atoms with Gasteiger partial charge in [0, 0.05) is 5.69 Å². The molecule has 7 heteroatoms. The van der Waals surface area contributed by atoms with E-state index >= 15 is 0 Å². The smallest absolute Gasteiger partial charge is 0.261 e. The van der Waals surface area contributed by atoms with Gasteiger partial charge in [-0.3, -0.25) is 9.52 Å². The zero-order chi connectivity index (χ0) is 20.7. The van der Waals surface area contributed by atoms with Gasteiger partial charge in [0.15, 0.2) is 5.75 Å². The van der Waals surface area contributed by atoms with Crippen molar-refractivity contribution in [3.05, 3.63) is 77.4 Å². The molecule has 6 nitrogen and oxygen atoms in total. The molecule has 1 heterocycles. The normalized spacial score (nSPS) is 15.0. The van der Waals surface area contributed by atoms with Gasteiger partial charge >= 0.3 is 0 Å². The van der Waals surface area contributed by atoms with Crippen molar-refractivity contribution in [1.82, 2.24) is 0 Å². The maximum absolute atomic E-state index is 12.9. The van der Waals surface area contributed by atoms with Gasteiger partial charge in [-0.05, 0) is 79.3 Å². The number of rotatable bonds is 3. The molecule has 1 aliphatic heterocycles. The molecule has 30 heavy (non-hydrogen) atoms. The molecule has 0 spiro atoms. The van der Waals surface area contributed by atoms with Crippen LogP contribution in [0.15, 0.2) is 65.6 Å². The quantitative estimate of drug-likeness (QED) is 0.642. The van der Waals surface area contributed by atoms with E-state index in [1.807, 2.05) is 12.1 Å². The van der Waals surface area contributed by atoms with Crippen molar-refractivity contribution in [2.45, 2.75) is 30.6 Å². The molecule has 152 valence electrons. The van der Waals surface area contributed by atoms with Gasteiger partial charge in [-0.2, -0.15) is 0 Å². The number of sulfonamides is 1. The third-order valence-electron chi connectivity index (χ3n) is 5.46. The van der Waals surface area contributed by atoms with Crippen LogP contribution in [0, 0.1) is 0 Å². The molecular formula is C23H20N2O4S. The molecule has 5 rings (SSSR count). The number of carbonyl (C=O) groups is 1. The largest absolute Gasteiger partial charge is 0.454 e. The van der Waals surface area contributed by atoms with E-state index in [0.29, 0.717) is 22.9 Å². The number of carbonyl (C=O) groups excluding carboxylic acids is 1. The summed E-state index contributed by atoms with van der Waals surface area (Å²) in [5.41, 5.74) is 3.44. The Bertz CT molecular complexity index is 1270. The Morgan fingerprint density at radius 3 is 2.53 bits per heavy atom. The Hall–Kier alpha value is -3.32. The van der Waals surface area contributed by atoms with Crippen molar-refractivity contribution in [2.24, 2.45) is 0 Å². The molecule has 2 N–H and O–H groups in total. The molecule has 0 saturated carbocycles. The Morgan fingerprint density at radius 2 is 1.67 bits per heavy atom. The number of hydrogen-bond donors (Lipinski definition) is 2. The summed E-state index contributed by atoms with van der Waals surface area (Å²) >= 11 is 0. The van der Waals surface area contributed by atoms with E-state index < -0.39 is 10.0 Å². The van der Waals surface area contributed by atoms with Crippen LogP contribution in [0.4, 0.5) is 11.4 Å². The number of hydrogen-bond acceptors (Lipinski definition) is 4. The molecule has 2 aliphatic rings. The summed E-state index contributed by atoms with van der Waals surface area (Å²) < 4.78 is 34.3. The van der Waals surface area contributed by atoms with Gasteiger partial charge in [-0.1, -0.05) is 18.2 Å². The van der Waals surface area contributed by atoms with Crippen LogP contribution in [0.25, 0.3) is 0 Å². The molecule has 1 amide bonds. The average Bonchev–Trinajstić information content (AvgIpc) is 2.89. The molecule has 0 bridgehead atoms. The average molecular weight is 420 g/mol. The van der Waals surface area contributed by atoms with Gasteiger partial charge in [0.1, 0.15) is 5.75 Å². The summed E-state index contributed by atoms with van der Waals surface area (Å²) in [6.07, 6.45) is 4.10. The number of benzene rings is 3. The SMILES string of the molecule is O=C1Nc2ccccc2Oc2ccc(NS(=O)(=O)c3ccc4c(c3)CCCC4)cc21. The van der Waals surface area contributed by atoms with E-state index in [2.05, 4.69) is 10.0 Å². The minimum absolute atomic E-state index is 0.228. The monoisotopic (exact) mass is 420 g/mol. The zero-order valence-corrected chi connectivity index (χ0v) is 17.0. The van der Waals surface area contributed by atoms with Crippen molar-refractivity contribution in [2.75, 3.05) is 10.0 Å². The zero-order valence-electron chi connectivity index (χ0n) is 16.1. The lowest BCUT2D eigenvalue weighted by molar-refractivity contribution is 0.102. The second-order valence-corrected chi connectivity index (χ2v) is 9.19. The fraction of sp³-hybridized carbons (Fsp3) is 0.174. The van der Waals surface area contributed by atoms with Crippen molar-refractivity contribution in [3.63, 3.8) is 0 Å². The van der Waals surface area contributed by atoms with Crippen LogP contribution >= 0.6 is 0 Å². The second kappa shape index (κ2) is 7.18. The van der Waals surface area contributed by atoms with Crippen LogP contribution in [0.1, 0.15) is 34.3 Å². The van der Waals surface area contributed by atoms with Crippen LogP contribution in [0.5, 0.6) is 11.5 Å². The highest BCUT2D eigenvalue weighted by Crippen LogP contribution is 2.36. The number of amides is 1. The third kappa shape index (κ3) is 3.41. The van der Waals surface area contributed by atoms with E-state index in [0.717, 1.165) is 31.2 Å².